The molecule has 0 spiro atoms. The monoisotopic (exact) mass is 355 g/mol. The van der Waals surface area contributed by atoms with E-state index in [9.17, 15) is 9.59 Å². The van der Waals surface area contributed by atoms with E-state index in [-0.39, 0.29) is 23.8 Å². The van der Waals surface area contributed by atoms with Crippen LogP contribution in [0.2, 0.25) is 0 Å². The normalized spacial score (nSPS) is 16.3. The van der Waals surface area contributed by atoms with Crippen molar-refractivity contribution in [3.05, 3.63) is 42.5 Å². The average molecular weight is 355 g/mol. The lowest BCUT2D eigenvalue weighted by molar-refractivity contribution is -0.140. The van der Waals surface area contributed by atoms with Crippen LogP contribution in [0.1, 0.15) is 38.3 Å². The number of piperidine rings is 1. The lowest BCUT2D eigenvalue weighted by atomic mass is 9.94. The van der Waals surface area contributed by atoms with Gasteiger partial charge in [0.15, 0.2) is 0 Å². The molecule has 0 radical (unpaired) electrons. The Morgan fingerprint density at radius 2 is 1.85 bits per heavy atom. The van der Waals surface area contributed by atoms with Crippen LogP contribution in [0.5, 0.6) is 0 Å². The Bertz CT molecular complexity index is 749. The second kappa shape index (κ2) is 7.68. The molecule has 0 saturated carbocycles. The Kier molecular flexibility index (Phi) is 5.35. The van der Waals surface area contributed by atoms with Crippen molar-refractivity contribution in [1.29, 1.82) is 0 Å². The number of likely N-dealkylation sites (tertiary alicyclic amines) is 1. The fourth-order valence-electron chi connectivity index (χ4n) is 3.39. The van der Waals surface area contributed by atoms with Crippen molar-refractivity contribution in [3.8, 4) is 5.69 Å². The van der Waals surface area contributed by atoms with Crippen molar-refractivity contribution < 1.29 is 9.59 Å². The van der Waals surface area contributed by atoms with Gasteiger partial charge >= 0.3 is 0 Å². The molecule has 7 nitrogen and oxygen atoms in total. The van der Waals surface area contributed by atoms with Crippen molar-refractivity contribution in [2.24, 2.45) is 5.92 Å². The number of nitrogens with zero attached hydrogens (tertiary/aromatic N) is 5. The van der Waals surface area contributed by atoms with E-state index in [1.807, 2.05) is 48.0 Å². The van der Waals surface area contributed by atoms with Crippen molar-refractivity contribution >= 4 is 11.8 Å². The summed E-state index contributed by atoms with van der Waals surface area (Å²) in [6.07, 6.45) is 4.63. The Labute approximate surface area is 153 Å². The summed E-state index contributed by atoms with van der Waals surface area (Å²) in [6, 6.07) is 7.97. The number of hydrogen-bond acceptors (Lipinski definition) is 4. The molecule has 0 N–H and O–H groups in total. The van der Waals surface area contributed by atoms with Crippen molar-refractivity contribution in [3.63, 3.8) is 0 Å². The van der Waals surface area contributed by atoms with Gasteiger partial charge in [-0.25, -0.2) is 9.67 Å². The van der Waals surface area contributed by atoms with E-state index in [4.69, 9.17) is 0 Å². The number of hydrogen-bond donors (Lipinski definition) is 0. The van der Waals surface area contributed by atoms with Gasteiger partial charge in [-0.15, -0.1) is 0 Å². The first-order valence-corrected chi connectivity index (χ1v) is 8.94. The van der Waals surface area contributed by atoms with E-state index in [2.05, 4.69) is 10.1 Å². The second-order valence-electron chi connectivity index (χ2n) is 6.84. The Morgan fingerprint density at radius 1 is 1.19 bits per heavy atom. The molecule has 7 heteroatoms. The van der Waals surface area contributed by atoms with Crippen LogP contribution < -0.4 is 0 Å². The van der Waals surface area contributed by atoms with Crippen LogP contribution in [0.4, 0.5) is 0 Å². The summed E-state index contributed by atoms with van der Waals surface area (Å²) in [7, 11) is 1.86. The van der Waals surface area contributed by atoms with Crippen molar-refractivity contribution in [1.82, 2.24) is 24.6 Å². The predicted molar refractivity (Wildman–Crippen MR) is 97.5 cm³/mol. The molecule has 1 unspecified atom stereocenters. The van der Waals surface area contributed by atoms with Crippen LogP contribution in [0.15, 0.2) is 36.9 Å². The predicted octanol–water partition coefficient (Wildman–Crippen LogP) is 2.05. The molecule has 1 aliphatic heterocycles. The molecular formula is C19H25N5O2. The first-order valence-electron chi connectivity index (χ1n) is 8.94. The number of carbonyl (C=O) groups is 2. The molecule has 1 aromatic carbocycles. The first-order chi connectivity index (χ1) is 12.5. The minimum absolute atomic E-state index is 0.00697. The highest BCUT2D eigenvalue weighted by atomic mass is 16.2. The molecule has 0 aliphatic carbocycles. The summed E-state index contributed by atoms with van der Waals surface area (Å²) in [5.41, 5.74) is 2.01. The Hall–Kier alpha value is -2.70. The number of aromatic nitrogens is 3. The van der Waals surface area contributed by atoms with Crippen molar-refractivity contribution in [2.75, 3.05) is 20.1 Å². The third-order valence-electron chi connectivity index (χ3n) is 5.28. The van der Waals surface area contributed by atoms with Crippen LogP contribution in [-0.4, -0.2) is 56.5 Å². The molecule has 0 bridgehead atoms. The zero-order valence-electron chi connectivity index (χ0n) is 15.5. The van der Waals surface area contributed by atoms with Gasteiger partial charge in [0, 0.05) is 33.0 Å². The van der Waals surface area contributed by atoms with Crippen LogP contribution in [-0.2, 0) is 9.59 Å². The second-order valence-corrected chi connectivity index (χ2v) is 6.84. The molecule has 1 aromatic heterocycles. The summed E-state index contributed by atoms with van der Waals surface area (Å²) < 4.78 is 1.70. The lowest BCUT2D eigenvalue weighted by Gasteiger charge is -2.34. The number of rotatable bonds is 4. The molecule has 2 aromatic rings. The topological polar surface area (TPSA) is 71.3 Å². The van der Waals surface area contributed by atoms with E-state index in [1.54, 1.807) is 17.9 Å². The molecule has 2 heterocycles. The zero-order chi connectivity index (χ0) is 18.7. The molecule has 138 valence electrons. The quantitative estimate of drug-likeness (QED) is 0.841. The molecular weight excluding hydrogens is 330 g/mol. The SMILES string of the molecule is CC(=O)N1CCC(C(=O)N(C)C(C)c2ccc(-n3cncn3)cc2)CC1. The van der Waals surface area contributed by atoms with Gasteiger partial charge in [-0.3, -0.25) is 9.59 Å². The van der Waals surface area contributed by atoms with Gasteiger partial charge < -0.3 is 9.80 Å². The minimum Gasteiger partial charge on any atom is -0.343 e. The Morgan fingerprint density at radius 3 is 2.38 bits per heavy atom. The van der Waals surface area contributed by atoms with Gasteiger partial charge in [-0.05, 0) is 37.5 Å². The minimum atomic E-state index is -0.0156. The highest BCUT2D eigenvalue weighted by molar-refractivity contribution is 5.80. The largest absolute Gasteiger partial charge is 0.343 e. The lowest BCUT2D eigenvalue weighted by Crippen LogP contribution is -2.43. The molecule has 1 aliphatic rings. The third-order valence-corrected chi connectivity index (χ3v) is 5.28. The van der Waals surface area contributed by atoms with Gasteiger partial charge in [0.2, 0.25) is 11.8 Å². The van der Waals surface area contributed by atoms with Gasteiger partial charge in [-0.1, -0.05) is 12.1 Å². The van der Waals surface area contributed by atoms with Crippen LogP contribution in [0.25, 0.3) is 5.69 Å². The molecule has 2 amide bonds. The van der Waals surface area contributed by atoms with Gasteiger partial charge in [0.1, 0.15) is 12.7 Å². The Balaban J connectivity index is 1.63. The van der Waals surface area contributed by atoms with E-state index >= 15 is 0 Å². The smallest absolute Gasteiger partial charge is 0.226 e. The molecule has 1 fully saturated rings. The van der Waals surface area contributed by atoms with Gasteiger partial charge in [0.05, 0.1) is 11.7 Å². The first kappa shape index (κ1) is 18.1. The van der Waals surface area contributed by atoms with E-state index < -0.39 is 0 Å². The molecule has 1 atom stereocenters. The number of amides is 2. The summed E-state index contributed by atoms with van der Waals surface area (Å²) in [5, 5.41) is 4.12. The average Bonchev–Trinajstić information content (AvgIpc) is 3.21. The summed E-state index contributed by atoms with van der Waals surface area (Å²) in [4.78, 5) is 31.9. The van der Waals surface area contributed by atoms with Crippen LogP contribution in [0, 0.1) is 5.92 Å². The highest BCUT2D eigenvalue weighted by Crippen LogP contribution is 2.25. The van der Waals surface area contributed by atoms with Gasteiger partial charge in [-0.2, -0.15) is 5.10 Å². The van der Waals surface area contributed by atoms with E-state index in [1.165, 1.54) is 6.33 Å². The highest BCUT2D eigenvalue weighted by Gasteiger charge is 2.30. The molecule has 26 heavy (non-hydrogen) atoms. The summed E-state index contributed by atoms with van der Waals surface area (Å²) in [5.74, 6) is 0.235. The fourth-order valence-corrected chi connectivity index (χ4v) is 3.39. The summed E-state index contributed by atoms with van der Waals surface area (Å²) >= 11 is 0. The third kappa shape index (κ3) is 3.76. The van der Waals surface area contributed by atoms with E-state index in [0.717, 1.165) is 24.1 Å². The number of benzene rings is 1. The van der Waals surface area contributed by atoms with E-state index in [0.29, 0.717) is 13.1 Å². The number of carbonyl (C=O) groups excluding carboxylic acids is 2. The maximum atomic E-state index is 12.8. The van der Waals surface area contributed by atoms with Gasteiger partial charge in [0.25, 0.3) is 0 Å². The fraction of sp³-hybridized carbons (Fsp3) is 0.474. The van der Waals surface area contributed by atoms with Crippen LogP contribution in [0.3, 0.4) is 0 Å². The molecule has 3 rings (SSSR count). The van der Waals surface area contributed by atoms with Crippen molar-refractivity contribution in [2.45, 2.75) is 32.7 Å². The van der Waals surface area contributed by atoms with Crippen LogP contribution >= 0.6 is 0 Å². The maximum Gasteiger partial charge on any atom is 0.226 e. The summed E-state index contributed by atoms with van der Waals surface area (Å²) in [6.45, 7) is 4.95. The maximum absolute atomic E-state index is 12.8. The zero-order valence-corrected chi connectivity index (χ0v) is 15.5. The molecule has 1 saturated heterocycles. The standard InChI is InChI=1S/C19H25N5O2/c1-14(16-4-6-18(7-5-16)24-13-20-12-21-24)22(3)19(26)17-8-10-23(11-9-17)15(2)25/h4-7,12-14,17H,8-11H2,1-3H3.